The van der Waals surface area contributed by atoms with Crippen LogP contribution in [0.2, 0.25) is 0 Å². The van der Waals surface area contributed by atoms with Gasteiger partial charge in [0.1, 0.15) is 0 Å². The second-order valence-corrected chi connectivity index (χ2v) is 9.53. The molecule has 4 nitrogen and oxygen atoms in total. The monoisotopic (exact) mass is 463 g/mol. The van der Waals surface area contributed by atoms with Crippen molar-refractivity contribution in [2.75, 3.05) is 37.8 Å². The number of carbonyl (C=O) groups excluding carboxylic acids is 1. The molecule has 1 heterocycles. The van der Waals surface area contributed by atoms with E-state index in [-0.39, 0.29) is 5.91 Å². The van der Waals surface area contributed by atoms with Crippen LogP contribution in [0, 0.1) is 0 Å². The summed E-state index contributed by atoms with van der Waals surface area (Å²) in [7, 11) is 4.03. The predicted octanol–water partition coefficient (Wildman–Crippen LogP) is 5.38. The van der Waals surface area contributed by atoms with E-state index < -0.39 is 0 Å². The van der Waals surface area contributed by atoms with E-state index in [0.29, 0.717) is 6.54 Å². The van der Waals surface area contributed by atoms with Crippen LogP contribution in [0.4, 0.5) is 5.13 Å². The Kier molecular flexibility index (Phi) is 6.92. The minimum Gasteiger partial charge on any atom is -0.308 e. The number of fused-ring (bicyclic) bond motifs is 1. The number of anilines is 1. The molecule has 2 aromatic carbocycles. The van der Waals surface area contributed by atoms with Gasteiger partial charge >= 0.3 is 0 Å². The van der Waals surface area contributed by atoms with Gasteiger partial charge in [0.05, 0.1) is 15.8 Å². The number of rotatable bonds is 7. The Bertz CT molecular complexity index is 942. The summed E-state index contributed by atoms with van der Waals surface area (Å²) >= 11 is 6.76. The maximum atomic E-state index is 13.4. The average molecular weight is 464 g/mol. The summed E-state index contributed by atoms with van der Waals surface area (Å²) in [4.78, 5) is 23.1. The van der Waals surface area contributed by atoms with E-state index in [9.17, 15) is 4.79 Å². The lowest BCUT2D eigenvalue weighted by atomic mass is 10.2. The van der Waals surface area contributed by atoms with Gasteiger partial charge in [-0.25, -0.2) is 4.98 Å². The van der Waals surface area contributed by atoms with Crippen LogP contribution in [-0.4, -0.2) is 48.7 Å². The van der Waals surface area contributed by atoms with E-state index in [4.69, 9.17) is 4.98 Å². The highest BCUT2D eigenvalue weighted by Gasteiger charge is 2.23. The van der Waals surface area contributed by atoms with E-state index in [1.807, 2.05) is 61.5 Å². The molecule has 1 amide bonds. The van der Waals surface area contributed by atoms with Gasteiger partial charge in [0.25, 0.3) is 5.91 Å². The molecule has 0 fully saturated rings. The number of aromatic nitrogens is 1. The molecule has 27 heavy (non-hydrogen) atoms. The zero-order chi connectivity index (χ0) is 19.4. The highest BCUT2D eigenvalue weighted by atomic mass is 79.9. The number of carbonyl (C=O) groups is 1. The first kappa shape index (κ1) is 20.3. The number of thioether (sulfide) groups is 1. The molecule has 3 aromatic rings. The van der Waals surface area contributed by atoms with Crippen molar-refractivity contribution in [3.05, 3.63) is 52.5 Å². The molecule has 0 aliphatic rings. The first-order valence-corrected chi connectivity index (χ1v) is 11.3. The van der Waals surface area contributed by atoms with Crippen molar-refractivity contribution in [2.45, 2.75) is 11.8 Å². The number of halogens is 1. The van der Waals surface area contributed by atoms with Crippen LogP contribution in [0.25, 0.3) is 10.2 Å². The zero-order valence-corrected chi connectivity index (χ0v) is 18.8. The van der Waals surface area contributed by atoms with E-state index >= 15 is 0 Å². The predicted molar refractivity (Wildman–Crippen MR) is 120 cm³/mol. The highest BCUT2D eigenvalue weighted by molar-refractivity contribution is 9.10. The van der Waals surface area contributed by atoms with Crippen LogP contribution in [0.1, 0.15) is 17.3 Å². The lowest BCUT2D eigenvalue weighted by Crippen LogP contribution is -2.37. The smallest absolute Gasteiger partial charge is 0.261 e. The second kappa shape index (κ2) is 9.19. The van der Waals surface area contributed by atoms with Crippen molar-refractivity contribution in [3.8, 4) is 0 Å². The molecule has 0 unspecified atom stereocenters. The van der Waals surface area contributed by atoms with Crippen LogP contribution in [0.15, 0.2) is 51.8 Å². The summed E-state index contributed by atoms with van der Waals surface area (Å²) in [5, 5.41) is 0.742. The minimum absolute atomic E-state index is 0.00604. The molecule has 0 spiro atoms. The number of thiazole rings is 1. The zero-order valence-electron chi connectivity index (χ0n) is 15.6. The third kappa shape index (κ3) is 4.90. The van der Waals surface area contributed by atoms with Crippen LogP contribution in [0.3, 0.4) is 0 Å². The van der Waals surface area contributed by atoms with Gasteiger partial charge in [-0.1, -0.05) is 46.3 Å². The minimum atomic E-state index is 0.00604. The van der Waals surface area contributed by atoms with Crippen molar-refractivity contribution < 1.29 is 4.79 Å². The molecular formula is C20H22BrN3OS2. The number of nitrogens with zero attached hydrogens (tertiary/aromatic N) is 3. The lowest BCUT2D eigenvalue weighted by molar-refractivity contribution is 0.0982. The van der Waals surface area contributed by atoms with Gasteiger partial charge in [0.15, 0.2) is 5.13 Å². The van der Waals surface area contributed by atoms with E-state index in [2.05, 4.69) is 27.8 Å². The molecule has 0 aliphatic carbocycles. The number of hydrogen-bond donors (Lipinski definition) is 0. The fourth-order valence-corrected chi connectivity index (χ4v) is 4.99. The van der Waals surface area contributed by atoms with Crippen LogP contribution in [0.5, 0.6) is 0 Å². The van der Waals surface area contributed by atoms with Crippen LogP contribution in [-0.2, 0) is 0 Å². The van der Waals surface area contributed by atoms with Crippen molar-refractivity contribution in [1.29, 1.82) is 0 Å². The van der Waals surface area contributed by atoms with Gasteiger partial charge in [-0.05, 0) is 50.2 Å². The van der Waals surface area contributed by atoms with Crippen molar-refractivity contribution >= 4 is 60.3 Å². The quantitative estimate of drug-likeness (QED) is 0.440. The Morgan fingerprint density at radius 1 is 1.19 bits per heavy atom. The van der Waals surface area contributed by atoms with Crippen LogP contribution < -0.4 is 4.90 Å². The first-order valence-electron chi connectivity index (χ1n) is 8.74. The van der Waals surface area contributed by atoms with Gasteiger partial charge in [-0.2, -0.15) is 0 Å². The molecule has 0 saturated heterocycles. The van der Waals surface area contributed by atoms with Crippen molar-refractivity contribution in [3.63, 3.8) is 0 Å². The maximum Gasteiger partial charge on any atom is 0.261 e. The lowest BCUT2D eigenvalue weighted by Gasteiger charge is -2.23. The molecule has 142 valence electrons. The number of hydrogen-bond acceptors (Lipinski definition) is 5. The molecule has 1 aromatic heterocycles. The molecule has 0 N–H and O–H groups in total. The molecule has 0 aliphatic heterocycles. The topological polar surface area (TPSA) is 36.4 Å². The number of likely N-dealkylation sites (N-methyl/N-ethyl adjacent to an activating group) is 1. The normalized spacial score (nSPS) is 11.3. The molecular weight excluding hydrogens is 442 g/mol. The second-order valence-electron chi connectivity index (χ2n) is 6.30. The largest absolute Gasteiger partial charge is 0.308 e. The Morgan fingerprint density at radius 3 is 2.70 bits per heavy atom. The molecule has 7 heteroatoms. The third-order valence-electron chi connectivity index (χ3n) is 4.00. The van der Waals surface area contributed by atoms with E-state index in [0.717, 1.165) is 42.6 Å². The molecule has 0 bridgehead atoms. The summed E-state index contributed by atoms with van der Waals surface area (Å²) in [6, 6.07) is 13.8. The average Bonchev–Trinajstić information content (AvgIpc) is 3.05. The Morgan fingerprint density at radius 2 is 1.96 bits per heavy atom. The van der Waals surface area contributed by atoms with Gasteiger partial charge in [-0.15, -0.1) is 11.8 Å². The summed E-state index contributed by atoms with van der Waals surface area (Å²) in [5.74, 6) is 0.934. The highest BCUT2D eigenvalue weighted by Crippen LogP contribution is 2.32. The van der Waals surface area contributed by atoms with E-state index in [1.54, 1.807) is 23.1 Å². The third-order valence-corrected chi connectivity index (χ3v) is 6.49. The Hall–Kier alpha value is -1.41. The fourth-order valence-electron chi connectivity index (χ4n) is 2.66. The molecule has 3 rings (SSSR count). The maximum absolute atomic E-state index is 13.4. The SMILES string of the molecule is CCSc1ccccc1C(=O)N(CCN(C)C)c1nc2ccc(Br)cc2s1. The van der Waals surface area contributed by atoms with Crippen molar-refractivity contribution in [2.24, 2.45) is 0 Å². The van der Waals surface area contributed by atoms with Gasteiger partial charge in [-0.3, -0.25) is 9.69 Å². The van der Waals surface area contributed by atoms with Crippen LogP contribution >= 0.6 is 39.0 Å². The van der Waals surface area contributed by atoms with Gasteiger partial charge < -0.3 is 4.90 Å². The molecule has 0 saturated carbocycles. The summed E-state index contributed by atoms with van der Waals surface area (Å²) in [6.45, 7) is 3.47. The van der Waals surface area contributed by atoms with Gasteiger partial charge in [0, 0.05) is 22.5 Å². The number of benzene rings is 2. The summed E-state index contributed by atoms with van der Waals surface area (Å²) in [5.41, 5.74) is 1.65. The fraction of sp³-hybridized carbons (Fsp3) is 0.300. The molecule has 0 atom stereocenters. The van der Waals surface area contributed by atoms with Gasteiger partial charge in [0.2, 0.25) is 0 Å². The number of amides is 1. The first-order chi connectivity index (χ1) is 13.0. The summed E-state index contributed by atoms with van der Waals surface area (Å²) in [6.07, 6.45) is 0. The Balaban J connectivity index is 2.00. The standard InChI is InChI=1S/C20H22BrN3OS2/c1-4-26-17-8-6-5-7-15(17)19(25)24(12-11-23(2)3)20-22-16-10-9-14(21)13-18(16)27-20/h5-10,13H,4,11-12H2,1-3H3. The Labute approximate surface area is 176 Å². The van der Waals surface area contributed by atoms with E-state index in [1.165, 1.54) is 0 Å². The molecule has 0 radical (unpaired) electrons. The summed E-state index contributed by atoms with van der Waals surface area (Å²) < 4.78 is 2.08. The van der Waals surface area contributed by atoms with Crippen molar-refractivity contribution in [1.82, 2.24) is 9.88 Å².